The first-order valence-corrected chi connectivity index (χ1v) is 5.37. The number of rotatable bonds is 5. The van der Waals surface area contributed by atoms with Gasteiger partial charge in [0.15, 0.2) is 0 Å². The van der Waals surface area contributed by atoms with Crippen LogP contribution in [0.3, 0.4) is 0 Å². The van der Waals surface area contributed by atoms with Crippen molar-refractivity contribution in [2.24, 2.45) is 0 Å². The second-order valence-electron chi connectivity index (χ2n) is 3.85. The van der Waals surface area contributed by atoms with Crippen molar-refractivity contribution in [3.63, 3.8) is 0 Å². The molecule has 1 unspecified atom stereocenters. The van der Waals surface area contributed by atoms with E-state index in [0.29, 0.717) is 0 Å². The van der Waals surface area contributed by atoms with Gasteiger partial charge in [0.1, 0.15) is 6.33 Å². The van der Waals surface area contributed by atoms with Gasteiger partial charge in [-0.3, -0.25) is 0 Å². The van der Waals surface area contributed by atoms with E-state index in [1.807, 2.05) is 12.4 Å². The van der Waals surface area contributed by atoms with E-state index in [1.54, 1.807) is 6.33 Å². The number of nitrogens with one attached hydrogen (secondary N) is 1. The van der Waals surface area contributed by atoms with Gasteiger partial charge in [-0.05, 0) is 26.8 Å². The molecule has 0 saturated heterocycles. The molecule has 0 fully saturated rings. The van der Waals surface area contributed by atoms with Crippen molar-refractivity contribution in [2.75, 3.05) is 6.54 Å². The Bertz CT molecular complexity index is 302. The first kappa shape index (κ1) is 11.9. The predicted octanol–water partition coefficient (Wildman–Crippen LogP) is 2.48. The number of hydrogen-bond donors (Lipinski definition) is 1. The molecular weight excluding hydrogens is 186 g/mol. The number of allylic oxidation sites excluding steroid dienone is 1. The Kier molecular flexibility index (Phi) is 4.98. The predicted molar refractivity (Wildman–Crippen MR) is 62.5 cm³/mol. The first-order chi connectivity index (χ1) is 7.24. The lowest BCUT2D eigenvalue weighted by atomic mass is 10.1. The Morgan fingerprint density at radius 1 is 1.40 bits per heavy atom. The van der Waals surface area contributed by atoms with E-state index in [0.717, 1.165) is 18.5 Å². The normalized spacial score (nSPS) is 12.2. The fourth-order valence-electron chi connectivity index (χ4n) is 1.38. The summed E-state index contributed by atoms with van der Waals surface area (Å²) >= 11 is 0. The topological polar surface area (TPSA) is 37.8 Å². The Labute approximate surface area is 91.7 Å². The summed E-state index contributed by atoms with van der Waals surface area (Å²) in [6.07, 6.45) is 8.61. The minimum Gasteiger partial charge on any atom is -0.307 e. The van der Waals surface area contributed by atoms with Crippen LogP contribution in [0.15, 0.2) is 30.4 Å². The lowest BCUT2D eigenvalue weighted by Gasteiger charge is -2.14. The van der Waals surface area contributed by atoms with Crippen LogP contribution in [0.4, 0.5) is 0 Å². The fourth-order valence-corrected chi connectivity index (χ4v) is 1.38. The van der Waals surface area contributed by atoms with Crippen molar-refractivity contribution in [1.82, 2.24) is 15.3 Å². The van der Waals surface area contributed by atoms with Crippen LogP contribution in [0, 0.1) is 0 Å². The van der Waals surface area contributed by atoms with Gasteiger partial charge >= 0.3 is 0 Å². The average molecular weight is 205 g/mol. The van der Waals surface area contributed by atoms with Crippen LogP contribution in [0.5, 0.6) is 0 Å². The third-order valence-electron chi connectivity index (χ3n) is 2.05. The van der Waals surface area contributed by atoms with Gasteiger partial charge in [-0.25, -0.2) is 9.97 Å². The van der Waals surface area contributed by atoms with Gasteiger partial charge in [-0.1, -0.05) is 18.6 Å². The number of nitrogens with zero attached hydrogens (tertiary/aromatic N) is 2. The number of aromatic nitrogens is 2. The molecular formula is C12H19N3. The molecule has 82 valence electrons. The minimum absolute atomic E-state index is 0.233. The molecule has 1 atom stereocenters. The van der Waals surface area contributed by atoms with Crippen molar-refractivity contribution in [3.05, 3.63) is 35.9 Å². The van der Waals surface area contributed by atoms with Crippen LogP contribution < -0.4 is 5.32 Å². The van der Waals surface area contributed by atoms with Crippen molar-refractivity contribution in [1.29, 1.82) is 0 Å². The highest BCUT2D eigenvalue weighted by atomic mass is 14.9. The molecule has 0 radical (unpaired) electrons. The average Bonchev–Trinajstić information content (AvgIpc) is 2.25. The summed E-state index contributed by atoms with van der Waals surface area (Å²) in [4.78, 5) is 8.08. The van der Waals surface area contributed by atoms with Crippen molar-refractivity contribution >= 4 is 0 Å². The van der Waals surface area contributed by atoms with Crippen LogP contribution in [-0.4, -0.2) is 16.5 Å². The quantitative estimate of drug-likeness (QED) is 0.750. The summed E-state index contributed by atoms with van der Waals surface area (Å²) in [7, 11) is 0. The van der Waals surface area contributed by atoms with E-state index in [1.165, 1.54) is 5.57 Å². The van der Waals surface area contributed by atoms with Crippen LogP contribution in [-0.2, 0) is 0 Å². The smallest absolute Gasteiger partial charge is 0.115 e. The van der Waals surface area contributed by atoms with Crippen LogP contribution in [0.25, 0.3) is 0 Å². The maximum Gasteiger partial charge on any atom is 0.115 e. The lowest BCUT2D eigenvalue weighted by Crippen LogP contribution is -2.20. The molecule has 0 bridgehead atoms. The molecule has 1 aromatic heterocycles. The van der Waals surface area contributed by atoms with Gasteiger partial charge in [0.2, 0.25) is 0 Å². The summed E-state index contributed by atoms with van der Waals surface area (Å²) in [6, 6.07) is 0.233. The van der Waals surface area contributed by atoms with E-state index in [9.17, 15) is 0 Å². The monoisotopic (exact) mass is 205 g/mol. The Balaban J connectivity index is 2.77. The maximum atomic E-state index is 4.04. The standard InChI is InChI=1S/C12H19N3/c1-4-5-15-12(6-10(2)3)11-7-13-9-14-8-11/h6-9,12,15H,4-5H2,1-3H3. The second kappa shape index (κ2) is 6.30. The SMILES string of the molecule is CCCNC(C=C(C)C)c1cncnc1. The molecule has 0 aliphatic rings. The molecule has 1 heterocycles. The Morgan fingerprint density at radius 2 is 2.07 bits per heavy atom. The molecule has 0 amide bonds. The summed E-state index contributed by atoms with van der Waals surface area (Å²) < 4.78 is 0. The highest BCUT2D eigenvalue weighted by Crippen LogP contribution is 2.13. The van der Waals surface area contributed by atoms with E-state index < -0.39 is 0 Å². The summed E-state index contributed by atoms with van der Waals surface area (Å²) in [6.45, 7) is 7.37. The summed E-state index contributed by atoms with van der Waals surface area (Å²) in [5.74, 6) is 0. The molecule has 0 saturated carbocycles. The Morgan fingerprint density at radius 3 is 2.60 bits per heavy atom. The van der Waals surface area contributed by atoms with E-state index in [2.05, 4.69) is 42.1 Å². The highest BCUT2D eigenvalue weighted by molar-refractivity contribution is 5.18. The molecule has 3 heteroatoms. The molecule has 0 aliphatic heterocycles. The van der Waals surface area contributed by atoms with E-state index in [-0.39, 0.29) is 6.04 Å². The zero-order valence-corrected chi connectivity index (χ0v) is 9.70. The molecule has 0 aromatic carbocycles. The Hall–Kier alpha value is -1.22. The van der Waals surface area contributed by atoms with Gasteiger partial charge in [-0.2, -0.15) is 0 Å². The summed E-state index contributed by atoms with van der Waals surface area (Å²) in [5.41, 5.74) is 2.42. The van der Waals surface area contributed by atoms with Gasteiger partial charge in [0, 0.05) is 18.0 Å². The van der Waals surface area contributed by atoms with Crippen molar-refractivity contribution in [3.8, 4) is 0 Å². The molecule has 1 N–H and O–H groups in total. The zero-order chi connectivity index (χ0) is 11.1. The van der Waals surface area contributed by atoms with Crippen LogP contribution in [0.1, 0.15) is 38.8 Å². The molecule has 1 aromatic rings. The maximum absolute atomic E-state index is 4.04. The van der Waals surface area contributed by atoms with Gasteiger partial charge < -0.3 is 5.32 Å². The summed E-state index contributed by atoms with van der Waals surface area (Å²) in [5, 5.41) is 3.46. The second-order valence-corrected chi connectivity index (χ2v) is 3.85. The van der Waals surface area contributed by atoms with E-state index >= 15 is 0 Å². The third-order valence-corrected chi connectivity index (χ3v) is 2.05. The largest absolute Gasteiger partial charge is 0.307 e. The zero-order valence-electron chi connectivity index (χ0n) is 9.70. The molecule has 0 spiro atoms. The van der Waals surface area contributed by atoms with Crippen LogP contribution in [0.2, 0.25) is 0 Å². The fraction of sp³-hybridized carbons (Fsp3) is 0.500. The van der Waals surface area contributed by atoms with Gasteiger partial charge in [0.05, 0.1) is 6.04 Å². The first-order valence-electron chi connectivity index (χ1n) is 5.37. The van der Waals surface area contributed by atoms with Crippen LogP contribution >= 0.6 is 0 Å². The number of hydrogen-bond acceptors (Lipinski definition) is 3. The molecule has 1 rings (SSSR count). The van der Waals surface area contributed by atoms with E-state index in [4.69, 9.17) is 0 Å². The van der Waals surface area contributed by atoms with Crippen molar-refractivity contribution in [2.45, 2.75) is 33.2 Å². The third kappa shape index (κ3) is 4.21. The minimum atomic E-state index is 0.233. The van der Waals surface area contributed by atoms with Crippen molar-refractivity contribution < 1.29 is 0 Å². The molecule has 0 aliphatic carbocycles. The van der Waals surface area contributed by atoms with Gasteiger partial charge in [0.25, 0.3) is 0 Å². The lowest BCUT2D eigenvalue weighted by molar-refractivity contribution is 0.606. The molecule has 15 heavy (non-hydrogen) atoms. The molecule has 3 nitrogen and oxygen atoms in total. The highest BCUT2D eigenvalue weighted by Gasteiger charge is 2.07. The van der Waals surface area contributed by atoms with Gasteiger partial charge in [-0.15, -0.1) is 0 Å².